The Labute approximate surface area is 109 Å². The molecule has 0 radical (unpaired) electrons. The van der Waals surface area contributed by atoms with Crippen LogP contribution in [0.15, 0.2) is 22.7 Å². The van der Waals surface area contributed by atoms with Gasteiger partial charge in [-0.2, -0.15) is 0 Å². The predicted molar refractivity (Wildman–Crippen MR) is 69.7 cm³/mol. The Hall–Kier alpha value is -0.940. The molecule has 94 valence electrons. The molecule has 0 fully saturated rings. The van der Waals surface area contributed by atoms with E-state index in [0.29, 0.717) is 0 Å². The van der Waals surface area contributed by atoms with E-state index >= 15 is 0 Å². The van der Waals surface area contributed by atoms with E-state index in [2.05, 4.69) is 15.9 Å². The van der Waals surface area contributed by atoms with Gasteiger partial charge in [-0.05, 0) is 44.0 Å². The van der Waals surface area contributed by atoms with Crippen molar-refractivity contribution in [2.75, 3.05) is 13.2 Å². The topological polar surface area (TPSA) is 52.4 Å². The van der Waals surface area contributed by atoms with E-state index < -0.39 is 5.60 Å². The van der Waals surface area contributed by atoms with Crippen LogP contribution in [0.2, 0.25) is 0 Å². The number of ether oxygens (including phenoxy) is 1. The molecule has 1 rings (SSSR count). The molecule has 0 aliphatic heterocycles. The van der Waals surface area contributed by atoms with Gasteiger partial charge in [0.25, 0.3) is 0 Å². The van der Waals surface area contributed by atoms with Gasteiger partial charge in [0.15, 0.2) is 0 Å². The molecule has 5 heteroatoms. The van der Waals surface area contributed by atoms with Crippen LogP contribution in [0.5, 0.6) is 0 Å². The third-order valence-electron chi connectivity index (χ3n) is 2.57. The van der Waals surface area contributed by atoms with Crippen molar-refractivity contribution in [3.8, 4) is 0 Å². The Bertz CT molecular complexity index is 418. The van der Waals surface area contributed by atoms with E-state index in [1.807, 2.05) is 39.0 Å². The summed E-state index contributed by atoms with van der Waals surface area (Å²) in [5, 5.41) is 10.3. The van der Waals surface area contributed by atoms with Crippen molar-refractivity contribution in [1.29, 1.82) is 0 Å². The van der Waals surface area contributed by atoms with Crippen LogP contribution < -0.4 is 0 Å². The second kappa shape index (κ2) is 5.60. The Morgan fingerprint density at radius 1 is 1.47 bits per heavy atom. The van der Waals surface area contributed by atoms with Gasteiger partial charge in [-0.15, -0.1) is 0 Å². The number of hydrogen-bond acceptors (Lipinski definition) is 3. The van der Waals surface area contributed by atoms with E-state index in [0.717, 1.165) is 15.6 Å². The highest BCUT2D eigenvalue weighted by Gasteiger charge is 2.23. The number of aryl methyl sites for hydroxylation is 1. The molecule has 17 heavy (non-hydrogen) atoms. The summed E-state index contributed by atoms with van der Waals surface area (Å²) in [6.07, 6.45) is 0. The lowest BCUT2D eigenvalue weighted by atomic mass is 9.94. The zero-order valence-corrected chi connectivity index (χ0v) is 11.8. The van der Waals surface area contributed by atoms with E-state index in [9.17, 15) is 10.1 Å². The molecule has 0 unspecified atom stereocenters. The van der Waals surface area contributed by atoms with Crippen molar-refractivity contribution in [3.05, 3.63) is 43.9 Å². The van der Waals surface area contributed by atoms with Gasteiger partial charge < -0.3 is 4.74 Å². The SMILES string of the molecule is Cc1cc(Br)ccc1C(C)(C)OCC[N+](=O)[O-]. The summed E-state index contributed by atoms with van der Waals surface area (Å²) in [5.41, 5.74) is 1.63. The van der Waals surface area contributed by atoms with Crippen molar-refractivity contribution >= 4 is 15.9 Å². The quantitative estimate of drug-likeness (QED) is 0.619. The lowest BCUT2D eigenvalue weighted by molar-refractivity contribution is -0.485. The molecular weight excluding hydrogens is 286 g/mol. The normalized spacial score (nSPS) is 11.5. The number of nitro groups is 1. The fraction of sp³-hybridized carbons (Fsp3) is 0.500. The number of rotatable bonds is 5. The van der Waals surface area contributed by atoms with Gasteiger partial charge in [-0.25, -0.2) is 0 Å². The molecule has 0 bridgehead atoms. The van der Waals surface area contributed by atoms with Crippen LogP contribution in [0.4, 0.5) is 0 Å². The highest BCUT2D eigenvalue weighted by molar-refractivity contribution is 9.10. The summed E-state index contributed by atoms with van der Waals surface area (Å²) >= 11 is 3.40. The second-order valence-electron chi connectivity index (χ2n) is 4.37. The Kier molecular flexibility index (Phi) is 4.65. The van der Waals surface area contributed by atoms with Crippen LogP contribution in [0.3, 0.4) is 0 Å². The zero-order valence-electron chi connectivity index (χ0n) is 10.2. The van der Waals surface area contributed by atoms with Crippen LogP contribution in [-0.4, -0.2) is 18.1 Å². The maximum absolute atomic E-state index is 10.3. The van der Waals surface area contributed by atoms with Crippen LogP contribution >= 0.6 is 15.9 Å². The number of nitrogens with zero attached hydrogens (tertiary/aromatic N) is 1. The van der Waals surface area contributed by atoms with Gasteiger partial charge in [0.05, 0.1) is 5.60 Å². The molecule has 0 spiro atoms. The molecule has 0 saturated carbocycles. The maximum Gasteiger partial charge on any atom is 0.226 e. The van der Waals surface area contributed by atoms with Gasteiger partial charge in [-0.3, -0.25) is 10.1 Å². The number of hydrogen-bond donors (Lipinski definition) is 0. The monoisotopic (exact) mass is 301 g/mol. The minimum Gasteiger partial charge on any atom is -0.364 e. The molecule has 0 aliphatic carbocycles. The first-order chi connectivity index (χ1) is 7.83. The standard InChI is InChI=1S/C12H16BrNO3/c1-9-8-10(13)4-5-11(9)12(2,3)17-7-6-14(15)16/h4-5,8H,6-7H2,1-3H3. The predicted octanol–water partition coefficient (Wildman–Crippen LogP) is 3.29. The van der Waals surface area contributed by atoms with Gasteiger partial charge in [0.2, 0.25) is 6.54 Å². The minimum atomic E-state index is -0.513. The van der Waals surface area contributed by atoms with Crippen molar-refractivity contribution in [3.63, 3.8) is 0 Å². The molecule has 0 aliphatic rings. The summed E-state index contributed by atoms with van der Waals surface area (Å²) in [7, 11) is 0. The first-order valence-electron chi connectivity index (χ1n) is 5.35. The smallest absolute Gasteiger partial charge is 0.226 e. The largest absolute Gasteiger partial charge is 0.364 e. The highest BCUT2D eigenvalue weighted by atomic mass is 79.9. The fourth-order valence-corrected chi connectivity index (χ4v) is 2.23. The summed E-state index contributed by atoms with van der Waals surface area (Å²) < 4.78 is 6.60. The third-order valence-corrected chi connectivity index (χ3v) is 3.07. The van der Waals surface area contributed by atoms with E-state index in [-0.39, 0.29) is 18.1 Å². The Balaban J connectivity index is 2.78. The zero-order chi connectivity index (χ0) is 13.1. The summed E-state index contributed by atoms with van der Waals surface area (Å²) in [6.45, 7) is 5.79. The van der Waals surface area contributed by atoms with Crippen LogP contribution in [-0.2, 0) is 10.3 Å². The van der Waals surface area contributed by atoms with E-state index in [1.165, 1.54) is 0 Å². The lowest BCUT2D eigenvalue weighted by Gasteiger charge is -2.27. The molecule has 0 heterocycles. The van der Waals surface area contributed by atoms with Crippen molar-refractivity contribution < 1.29 is 9.66 Å². The van der Waals surface area contributed by atoms with Crippen molar-refractivity contribution in [1.82, 2.24) is 0 Å². The van der Waals surface area contributed by atoms with E-state index in [4.69, 9.17) is 4.74 Å². The molecule has 1 aromatic carbocycles. The van der Waals surface area contributed by atoms with Gasteiger partial charge >= 0.3 is 0 Å². The minimum absolute atomic E-state index is 0.121. The molecule has 0 N–H and O–H groups in total. The average molecular weight is 302 g/mol. The number of benzene rings is 1. The molecule has 0 saturated heterocycles. The average Bonchev–Trinajstić information content (AvgIpc) is 2.15. The maximum atomic E-state index is 10.3. The first-order valence-corrected chi connectivity index (χ1v) is 6.14. The van der Waals surface area contributed by atoms with Gasteiger partial charge in [0.1, 0.15) is 6.61 Å². The van der Waals surface area contributed by atoms with Gasteiger partial charge in [0, 0.05) is 9.40 Å². The van der Waals surface area contributed by atoms with Crippen LogP contribution in [0, 0.1) is 17.0 Å². The first kappa shape index (κ1) is 14.1. The molecular formula is C12H16BrNO3. The van der Waals surface area contributed by atoms with Crippen molar-refractivity contribution in [2.45, 2.75) is 26.4 Å². The summed E-state index contributed by atoms with van der Waals surface area (Å²) in [5.74, 6) is 0. The summed E-state index contributed by atoms with van der Waals surface area (Å²) in [4.78, 5) is 9.88. The van der Waals surface area contributed by atoms with Crippen molar-refractivity contribution in [2.24, 2.45) is 0 Å². The molecule has 0 amide bonds. The van der Waals surface area contributed by atoms with Crippen LogP contribution in [0.1, 0.15) is 25.0 Å². The molecule has 0 aromatic heterocycles. The Morgan fingerprint density at radius 2 is 2.12 bits per heavy atom. The Morgan fingerprint density at radius 3 is 2.65 bits per heavy atom. The molecule has 4 nitrogen and oxygen atoms in total. The number of halogens is 1. The second-order valence-corrected chi connectivity index (χ2v) is 5.29. The highest BCUT2D eigenvalue weighted by Crippen LogP contribution is 2.29. The van der Waals surface area contributed by atoms with Gasteiger partial charge in [-0.1, -0.05) is 22.0 Å². The van der Waals surface area contributed by atoms with E-state index in [1.54, 1.807) is 0 Å². The fourth-order valence-electron chi connectivity index (χ4n) is 1.76. The lowest BCUT2D eigenvalue weighted by Crippen LogP contribution is -2.25. The molecule has 1 aromatic rings. The van der Waals surface area contributed by atoms with Crippen LogP contribution in [0.25, 0.3) is 0 Å². The summed E-state index contributed by atoms with van der Waals surface area (Å²) in [6, 6.07) is 5.93. The molecule has 0 atom stereocenters. The third kappa shape index (κ3) is 4.09.